The van der Waals surface area contributed by atoms with Gasteiger partial charge in [-0.2, -0.15) is 0 Å². The third-order valence-electron chi connectivity index (χ3n) is 1.99. The quantitative estimate of drug-likeness (QED) is 0.695. The van der Waals surface area contributed by atoms with Crippen LogP contribution >= 0.6 is 22.9 Å². The first-order valence-electron chi connectivity index (χ1n) is 5.34. The number of halogens is 1. The highest BCUT2D eigenvalue weighted by molar-refractivity contribution is 7.16. The van der Waals surface area contributed by atoms with Gasteiger partial charge in [0.05, 0.1) is 10.9 Å². The monoisotopic (exact) mass is 263 g/mol. The van der Waals surface area contributed by atoms with Crippen LogP contribution in [0.3, 0.4) is 0 Å². The minimum atomic E-state index is 0.739. The SMILES string of the molecule is COCCCOCCNCc1ccc(Cl)s1. The first-order chi connectivity index (χ1) is 7.83. The van der Waals surface area contributed by atoms with Gasteiger partial charge in [-0.15, -0.1) is 11.3 Å². The van der Waals surface area contributed by atoms with E-state index in [1.807, 2.05) is 12.1 Å². The summed E-state index contributed by atoms with van der Waals surface area (Å²) >= 11 is 7.43. The molecule has 0 spiro atoms. The number of rotatable bonds is 9. The summed E-state index contributed by atoms with van der Waals surface area (Å²) in [5.41, 5.74) is 0. The van der Waals surface area contributed by atoms with E-state index in [4.69, 9.17) is 21.1 Å². The molecule has 0 saturated heterocycles. The summed E-state index contributed by atoms with van der Waals surface area (Å²) in [6.45, 7) is 3.99. The van der Waals surface area contributed by atoms with Gasteiger partial charge in [-0.05, 0) is 18.6 Å². The Bertz CT molecular complexity index is 281. The molecule has 1 heterocycles. The van der Waals surface area contributed by atoms with Crippen LogP contribution in [0.2, 0.25) is 4.34 Å². The second-order valence-corrected chi connectivity index (χ2v) is 5.14. The van der Waals surface area contributed by atoms with Crippen molar-refractivity contribution in [2.45, 2.75) is 13.0 Å². The zero-order chi connectivity index (χ0) is 11.6. The standard InChI is InChI=1S/C11H18ClNO2S/c1-14-6-2-7-15-8-5-13-9-10-3-4-11(12)16-10/h3-4,13H,2,5-9H2,1H3. The average Bonchev–Trinajstić information content (AvgIpc) is 2.68. The lowest BCUT2D eigenvalue weighted by Crippen LogP contribution is -2.19. The maximum absolute atomic E-state index is 5.83. The topological polar surface area (TPSA) is 30.5 Å². The van der Waals surface area contributed by atoms with Gasteiger partial charge in [-0.1, -0.05) is 11.6 Å². The van der Waals surface area contributed by atoms with E-state index in [0.29, 0.717) is 0 Å². The van der Waals surface area contributed by atoms with E-state index in [1.165, 1.54) is 4.88 Å². The lowest BCUT2D eigenvalue weighted by atomic mass is 10.4. The van der Waals surface area contributed by atoms with Gasteiger partial charge in [-0.3, -0.25) is 0 Å². The highest BCUT2D eigenvalue weighted by Gasteiger charge is 1.96. The maximum Gasteiger partial charge on any atom is 0.0931 e. The van der Waals surface area contributed by atoms with Crippen molar-refractivity contribution in [1.29, 1.82) is 0 Å². The molecule has 1 rings (SSSR count). The lowest BCUT2D eigenvalue weighted by Gasteiger charge is -2.04. The molecule has 0 aliphatic rings. The van der Waals surface area contributed by atoms with Crippen molar-refractivity contribution in [2.24, 2.45) is 0 Å². The molecule has 16 heavy (non-hydrogen) atoms. The molecule has 0 saturated carbocycles. The van der Waals surface area contributed by atoms with E-state index in [9.17, 15) is 0 Å². The minimum Gasteiger partial charge on any atom is -0.385 e. The van der Waals surface area contributed by atoms with Gasteiger partial charge in [0.15, 0.2) is 0 Å². The highest BCUT2D eigenvalue weighted by Crippen LogP contribution is 2.20. The van der Waals surface area contributed by atoms with Crippen LogP contribution in [0.4, 0.5) is 0 Å². The summed E-state index contributed by atoms with van der Waals surface area (Å²) in [6, 6.07) is 3.96. The van der Waals surface area contributed by atoms with Gasteiger partial charge in [-0.25, -0.2) is 0 Å². The van der Waals surface area contributed by atoms with Gasteiger partial charge >= 0.3 is 0 Å². The zero-order valence-electron chi connectivity index (χ0n) is 9.50. The second-order valence-electron chi connectivity index (χ2n) is 3.34. The molecule has 1 aromatic rings. The van der Waals surface area contributed by atoms with Crippen LogP contribution in [-0.2, 0) is 16.0 Å². The smallest absolute Gasteiger partial charge is 0.0931 e. The molecule has 0 unspecified atom stereocenters. The predicted octanol–water partition coefficient (Wildman–Crippen LogP) is 2.54. The molecule has 0 aromatic carbocycles. The predicted molar refractivity (Wildman–Crippen MR) is 68.3 cm³/mol. The van der Waals surface area contributed by atoms with Crippen LogP contribution < -0.4 is 5.32 Å². The summed E-state index contributed by atoms with van der Waals surface area (Å²) in [6.07, 6.45) is 0.955. The van der Waals surface area contributed by atoms with Crippen LogP contribution in [0.5, 0.6) is 0 Å². The number of nitrogens with one attached hydrogen (secondary N) is 1. The van der Waals surface area contributed by atoms with E-state index in [-0.39, 0.29) is 0 Å². The fourth-order valence-electron chi connectivity index (χ4n) is 1.21. The number of thiophene rings is 1. The van der Waals surface area contributed by atoms with E-state index < -0.39 is 0 Å². The Morgan fingerprint density at radius 3 is 2.88 bits per heavy atom. The second kappa shape index (κ2) is 8.96. The van der Waals surface area contributed by atoms with Gasteiger partial charge in [0.25, 0.3) is 0 Å². The first-order valence-corrected chi connectivity index (χ1v) is 6.54. The molecule has 1 aromatic heterocycles. The van der Waals surface area contributed by atoms with Crippen molar-refractivity contribution >= 4 is 22.9 Å². The molecule has 0 aliphatic carbocycles. The normalized spacial score (nSPS) is 10.9. The Balaban J connectivity index is 1.88. The third kappa shape index (κ3) is 6.45. The molecule has 92 valence electrons. The fourth-order valence-corrected chi connectivity index (χ4v) is 2.27. The molecule has 3 nitrogen and oxygen atoms in total. The molecular formula is C11H18ClNO2S. The number of hydrogen-bond donors (Lipinski definition) is 1. The Hall–Kier alpha value is -0.130. The van der Waals surface area contributed by atoms with E-state index >= 15 is 0 Å². The fraction of sp³-hybridized carbons (Fsp3) is 0.636. The van der Waals surface area contributed by atoms with Crippen molar-refractivity contribution < 1.29 is 9.47 Å². The van der Waals surface area contributed by atoms with Crippen molar-refractivity contribution in [3.8, 4) is 0 Å². The summed E-state index contributed by atoms with van der Waals surface area (Å²) in [5, 5.41) is 3.30. The van der Waals surface area contributed by atoms with Crippen LogP contribution in [0.15, 0.2) is 12.1 Å². The van der Waals surface area contributed by atoms with E-state index in [0.717, 1.165) is 43.7 Å². The number of methoxy groups -OCH3 is 1. The molecule has 0 aliphatic heterocycles. The Labute approximate surface area is 106 Å². The van der Waals surface area contributed by atoms with Crippen molar-refractivity contribution in [2.75, 3.05) is 33.5 Å². The maximum atomic E-state index is 5.83. The Morgan fingerprint density at radius 1 is 1.31 bits per heavy atom. The van der Waals surface area contributed by atoms with Crippen molar-refractivity contribution in [3.63, 3.8) is 0 Å². The molecule has 0 bridgehead atoms. The zero-order valence-corrected chi connectivity index (χ0v) is 11.1. The van der Waals surface area contributed by atoms with Crippen molar-refractivity contribution in [3.05, 3.63) is 21.3 Å². The summed E-state index contributed by atoms with van der Waals surface area (Å²) in [4.78, 5) is 1.25. The molecular weight excluding hydrogens is 246 g/mol. The number of hydrogen-bond acceptors (Lipinski definition) is 4. The molecule has 0 fully saturated rings. The van der Waals surface area contributed by atoms with Crippen LogP contribution in [0, 0.1) is 0 Å². The average molecular weight is 264 g/mol. The summed E-state index contributed by atoms with van der Waals surface area (Å²) in [7, 11) is 1.70. The van der Waals surface area contributed by atoms with Gasteiger partial charge in [0.2, 0.25) is 0 Å². The molecule has 1 N–H and O–H groups in total. The summed E-state index contributed by atoms with van der Waals surface area (Å²) < 4.78 is 11.2. The largest absolute Gasteiger partial charge is 0.385 e. The Morgan fingerprint density at radius 2 is 2.19 bits per heavy atom. The highest BCUT2D eigenvalue weighted by atomic mass is 35.5. The Kier molecular flexibility index (Phi) is 7.80. The molecule has 0 atom stereocenters. The van der Waals surface area contributed by atoms with Gasteiger partial charge < -0.3 is 14.8 Å². The molecule has 0 radical (unpaired) electrons. The van der Waals surface area contributed by atoms with E-state index in [2.05, 4.69) is 5.32 Å². The first kappa shape index (κ1) is 13.9. The number of ether oxygens (including phenoxy) is 2. The van der Waals surface area contributed by atoms with Gasteiger partial charge in [0.1, 0.15) is 0 Å². The van der Waals surface area contributed by atoms with Crippen LogP contribution in [0.1, 0.15) is 11.3 Å². The van der Waals surface area contributed by atoms with E-state index in [1.54, 1.807) is 18.4 Å². The van der Waals surface area contributed by atoms with Gasteiger partial charge in [0, 0.05) is 38.3 Å². The molecule has 5 heteroatoms. The molecule has 0 amide bonds. The van der Waals surface area contributed by atoms with Crippen molar-refractivity contribution in [1.82, 2.24) is 5.32 Å². The van der Waals surface area contributed by atoms with Crippen LogP contribution in [0.25, 0.3) is 0 Å². The summed E-state index contributed by atoms with van der Waals surface area (Å²) in [5.74, 6) is 0. The minimum absolute atomic E-state index is 0.739. The van der Waals surface area contributed by atoms with Crippen LogP contribution in [-0.4, -0.2) is 33.5 Å². The lowest BCUT2D eigenvalue weighted by molar-refractivity contribution is 0.104. The third-order valence-corrected chi connectivity index (χ3v) is 3.22.